The van der Waals surface area contributed by atoms with Gasteiger partial charge in [0.1, 0.15) is 5.75 Å². The van der Waals surface area contributed by atoms with Crippen LogP contribution in [-0.2, 0) is 4.74 Å². The van der Waals surface area contributed by atoms with E-state index >= 15 is 0 Å². The number of hydrogen-bond donors (Lipinski definition) is 0. The number of carbonyl (C=O) groups is 1. The van der Waals surface area contributed by atoms with E-state index in [0.717, 1.165) is 0 Å². The highest BCUT2D eigenvalue weighted by molar-refractivity contribution is 5.90. The van der Waals surface area contributed by atoms with E-state index in [1.54, 1.807) is 19.1 Å². The molecule has 4 nitrogen and oxygen atoms in total. The summed E-state index contributed by atoms with van der Waals surface area (Å²) in [5.41, 5.74) is 1.02. The Labute approximate surface area is 105 Å². The first kappa shape index (κ1) is 12.1. The zero-order valence-electron chi connectivity index (χ0n) is 10.2. The minimum Gasteiger partial charge on any atom is -0.465 e. The van der Waals surface area contributed by atoms with Crippen LogP contribution in [0.15, 0.2) is 42.5 Å². The first-order valence-corrected chi connectivity index (χ1v) is 5.49. The third-order valence-corrected chi connectivity index (χ3v) is 2.43. The van der Waals surface area contributed by atoms with Gasteiger partial charge in [-0.3, -0.25) is 0 Å². The van der Waals surface area contributed by atoms with Crippen molar-refractivity contribution in [1.29, 1.82) is 0 Å². The Hall–Kier alpha value is -2.36. The molecule has 4 heteroatoms. The van der Waals surface area contributed by atoms with E-state index in [-0.39, 0.29) is 0 Å². The molecule has 0 atom stereocenters. The van der Waals surface area contributed by atoms with Gasteiger partial charge in [-0.1, -0.05) is 18.2 Å². The Balaban J connectivity index is 2.22. The van der Waals surface area contributed by atoms with E-state index in [4.69, 9.17) is 4.74 Å². The molecule has 2 aromatic rings. The summed E-state index contributed by atoms with van der Waals surface area (Å²) in [6, 6.07) is 12.6. The smallest absolute Gasteiger partial charge is 0.339 e. The van der Waals surface area contributed by atoms with Crippen molar-refractivity contribution in [3.05, 3.63) is 53.7 Å². The monoisotopic (exact) mass is 243 g/mol. The zero-order chi connectivity index (χ0) is 13.0. The normalized spacial score (nSPS) is 9.89. The molecule has 18 heavy (non-hydrogen) atoms. The van der Waals surface area contributed by atoms with Crippen molar-refractivity contribution in [2.24, 2.45) is 0 Å². The SMILES string of the molecule is COC(=O)c1ccc(Oc2ccccc2)nc1C. The molecular formula is C14H13NO3. The maximum Gasteiger partial charge on any atom is 0.339 e. The Kier molecular flexibility index (Phi) is 3.57. The fourth-order valence-corrected chi connectivity index (χ4v) is 1.53. The third-order valence-electron chi connectivity index (χ3n) is 2.43. The average Bonchev–Trinajstić information content (AvgIpc) is 2.39. The van der Waals surface area contributed by atoms with Crippen LogP contribution in [0.4, 0.5) is 0 Å². The van der Waals surface area contributed by atoms with E-state index in [1.807, 2.05) is 30.3 Å². The third kappa shape index (κ3) is 2.66. The highest BCUT2D eigenvalue weighted by Crippen LogP contribution is 2.20. The second-order valence-electron chi connectivity index (χ2n) is 3.69. The molecule has 0 aliphatic rings. The molecule has 0 fully saturated rings. The van der Waals surface area contributed by atoms with Gasteiger partial charge in [0.15, 0.2) is 0 Å². The fourth-order valence-electron chi connectivity index (χ4n) is 1.53. The molecule has 1 aromatic carbocycles. The molecule has 0 saturated heterocycles. The van der Waals surface area contributed by atoms with Gasteiger partial charge in [-0.25, -0.2) is 9.78 Å². The minimum absolute atomic E-state index is 0.397. The topological polar surface area (TPSA) is 48.4 Å². The van der Waals surface area contributed by atoms with Gasteiger partial charge in [0.25, 0.3) is 0 Å². The molecule has 1 aromatic heterocycles. The van der Waals surface area contributed by atoms with Crippen molar-refractivity contribution in [3.63, 3.8) is 0 Å². The molecule has 0 saturated carbocycles. The number of nitrogens with zero attached hydrogens (tertiary/aromatic N) is 1. The Morgan fingerprint density at radius 2 is 1.83 bits per heavy atom. The van der Waals surface area contributed by atoms with Crippen LogP contribution in [0, 0.1) is 6.92 Å². The zero-order valence-corrected chi connectivity index (χ0v) is 10.2. The van der Waals surface area contributed by atoms with Crippen LogP contribution < -0.4 is 4.74 Å². The lowest BCUT2D eigenvalue weighted by molar-refractivity contribution is 0.0599. The molecule has 0 aliphatic carbocycles. The maximum absolute atomic E-state index is 11.4. The number of methoxy groups -OCH3 is 1. The van der Waals surface area contributed by atoms with Crippen LogP contribution >= 0.6 is 0 Å². The van der Waals surface area contributed by atoms with Gasteiger partial charge in [0, 0.05) is 6.07 Å². The minimum atomic E-state index is -0.397. The molecule has 0 aliphatic heterocycles. The number of carbonyl (C=O) groups excluding carboxylic acids is 1. The molecule has 0 unspecified atom stereocenters. The van der Waals surface area contributed by atoms with Gasteiger partial charge in [-0.15, -0.1) is 0 Å². The standard InChI is InChI=1S/C14H13NO3/c1-10-12(14(16)17-2)8-9-13(15-10)18-11-6-4-3-5-7-11/h3-9H,1-2H3. The number of aromatic nitrogens is 1. The molecule has 0 bridgehead atoms. The van der Waals surface area contributed by atoms with Gasteiger partial charge in [0.2, 0.25) is 5.88 Å². The number of ether oxygens (including phenoxy) is 2. The predicted octanol–water partition coefficient (Wildman–Crippen LogP) is 2.97. The van der Waals surface area contributed by atoms with Gasteiger partial charge in [-0.2, -0.15) is 0 Å². The van der Waals surface area contributed by atoms with E-state index < -0.39 is 5.97 Å². The van der Waals surface area contributed by atoms with E-state index in [0.29, 0.717) is 22.9 Å². The molecule has 2 rings (SSSR count). The molecule has 92 valence electrons. The highest BCUT2D eigenvalue weighted by atomic mass is 16.5. The van der Waals surface area contributed by atoms with Crippen molar-refractivity contribution in [1.82, 2.24) is 4.98 Å². The second kappa shape index (κ2) is 5.31. The molecule has 0 spiro atoms. The lowest BCUT2D eigenvalue weighted by Gasteiger charge is -2.07. The summed E-state index contributed by atoms with van der Waals surface area (Å²) in [6.07, 6.45) is 0. The van der Waals surface area contributed by atoms with Crippen molar-refractivity contribution in [2.45, 2.75) is 6.92 Å². The van der Waals surface area contributed by atoms with Gasteiger partial charge in [0.05, 0.1) is 18.4 Å². The number of para-hydroxylation sites is 1. The van der Waals surface area contributed by atoms with Crippen molar-refractivity contribution < 1.29 is 14.3 Å². The maximum atomic E-state index is 11.4. The van der Waals surface area contributed by atoms with Crippen LogP contribution in [0.1, 0.15) is 16.1 Å². The van der Waals surface area contributed by atoms with E-state index in [2.05, 4.69) is 9.72 Å². The molecular weight excluding hydrogens is 230 g/mol. The van der Waals surface area contributed by atoms with E-state index in [9.17, 15) is 4.79 Å². The number of aryl methyl sites for hydroxylation is 1. The summed E-state index contributed by atoms with van der Waals surface area (Å²) in [6.45, 7) is 1.74. The summed E-state index contributed by atoms with van der Waals surface area (Å²) in [5.74, 6) is 0.757. The van der Waals surface area contributed by atoms with Crippen molar-refractivity contribution in [2.75, 3.05) is 7.11 Å². The number of rotatable bonds is 3. The van der Waals surface area contributed by atoms with Gasteiger partial charge in [-0.05, 0) is 25.1 Å². The number of hydrogen-bond acceptors (Lipinski definition) is 4. The Morgan fingerprint density at radius 3 is 2.44 bits per heavy atom. The van der Waals surface area contributed by atoms with Crippen LogP contribution in [0.3, 0.4) is 0 Å². The largest absolute Gasteiger partial charge is 0.465 e. The second-order valence-corrected chi connectivity index (χ2v) is 3.69. The number of pyridine rings is 1. The number of esters is 1. The quantitative estimate of drug-likeness (QED) is 0.777. The van der Waals surface area contributed by atoms with E-state index in [1.165, 1.54) is 7.11 Å². The van der Waals surface area contributed by atoms with Crippen molar-refractivity contribution in [3.8, 4) is 11.6 Å². The molecule has 0 radical (unpaired) electrons. The first-order valence-electron chi connectivity index (χ1n) is 5.49. The fraction of sp³-hybridized carbons (Fsp3) is 0.143. The summed E-state index contributed by atoms with van der Waals surface area (Å²) in [7, 11) is 1.34. The van der Waals surface area contributed by atoms with Crippen LogP contribution in [0.25, 0.3) is 0 Å². The van der Waals surface area contributed by atoms with Crippen molar-refractivity contribution >= 4 is 5.97 Å². The van der Waals surface area contributed by atoms with Crippen LogP contribution in [0.5, 0.6) is 11.6 Å². The van der Waals surface area contributed by atoms with Crippen LogP contribution in [0.2, 0.25) is 0 Å². The Bertz CT molecular complexity index is 552. The summed E-state index contributed by atoms with van der Waals surface area (Å²) < 4.78 is 10.2. The van der Waals surface area contributed by atoms with Crippen LogP contribution in [-0.4, -0.2) is 18.1 Å². The lowest BCUT2D eigenvalue weighted by Crippen LogP contribution is -2.05. The first-order chi connectivity index (χ1) is 8.70. The van der Waals surface area contributed by atoms with Gasteiger partial charge < -0.3 is 9.47 Å². The number of benzene rings is 1. The highest BCUT2D eigenvalue weighted by Gasteiger charge is 2.11. The molecule has 1 heterocycles. The predicted molar refractivity (Wildman–Crippen MR) is 66.8 cm³/mol. The summed E-state index contributed by atoms with van der Waals surface area (Å²) in [4.78, 5) is 15.6. The lowest BCUT2D eigenvalue weighted by atomic mass is 10.2. The molecule has 0 N–H and O–H groups in total. The van der Waals surface area contributed by atoms with Gasteiger partial charge >= 0.3 is 5.97 Å². The summed E-state index contributed by atoms with van der Waals surface area (Å²) in [5, 5.41) is 0. The Morgan fingerprint density at radius 1 is 1.11 bits per heavy atom. The average molecular weight is 243 g/mol. The summed E-state index contributed by atoms with van der Waals surface area (Å²) >= 11 is 0. The molecule has 0 amide bonds.